The molecule has 0 bridgehead atoms. The Bertz CT molecular complexity index is 1910. The Morgan fingerprint density at radius 1 is 0.652 bits per heavy atom. The van der Waals surface area contributed by atoms with E-state index in [-0.39, 0.29) is 12.3 Å². The minimum atomic E-state index is -0.416. The number of fused-ring (bicyclic) bond motifs is 1. The normalized spacial score (nSPS) is 11.2. The van der Waals surface area contributed by atoms with Crippen LogP contribution in [0.1, 0.15) is 38.5 Å². The van der Waals surface area contributed by atoms with E-state index in [0.29, 0.717) is 18.8 Å². The smallest absolute Gasteiger partial charge is 0.269 e. The minimum absolute atomic E-state index is 0.0160. The number of carbonyl (C=O) groups excluding carboxylic acids is 2. The molecule has 0 saturated heterocycles. The van der Waals surface area contributed by atoms with E-state index < -0.39 is 5.91 Å². The molecule has 0 aliphatic heterocycles. The summed E-state index contributed by atoms with van der Waals surface area (Å²) in [6, 6.07) is 42.1. The third-order valence-corrected chi connectivity index (χ3v) is 8.18. The monoisotopic (exact) mass is 625 g/mol. The van der Waals surface area contributed by atoms with Gasteiger partial charge in [0.25, 0.3) is 5.91 Å². The summed E-state index contributed by atoms with van der Waals surface area (Å²) in [5.74, 6) is 0.742. The summed E-state index contributed by atoms with van der Waals surface area (Å²) in [5.41, 5.74) is 10.0. The van der Waals surface area contributed by atoms with Gasteiger partial charge in [0.2, 0.25) is 5.91 Å². The molecule has 0 fully saturated rings. The van der Waals surface area contributed by atoms with E-state index in [9.17, 15) is 9.59 Å². The van der Waals surface area contributed by atoms with E-state index >= 15 is 0 Å². The largest absolute Gasteiger partial charge is 0.489 e. The van der Waals surface area contributed by atoms with Crippen molar-refractivity contribution in [2.24, 2.45) is 0 Å². The van der Waals surface area contributed by atoms with Crippen molar-refractivity contribution in [1.29, 1.82) is 0 Å². The van der Waals surface area contributed by atoms with Gasteiger partial charge in [0, 0.05) is 5.56 Å². The Labute approximate surface area is 271 Å². The maximum absolute atomic E-state index is 13.1. The van der Waals surface area contributed by atoms with Gasteiger partial charge in [0.1, 0.15) is 29.7 Å². The molecule has 0 unspecified atom stereocenters. The highest BCUT2D eigenvalue weighted by molar-refractivity contribution is 7.19. The van der Waals surface area contributed by atoms with Crippen LogP contribution in [-0.4, -0.2) is 16.8 Å². The van der Waals surface area contributed by atoms with Crippen molar-refractivity contribution >= 4 is 45.0 Å². The highest BCUT2D eigenvalue weighted by atomic mass is 32.1. The molecule has 2 N–H and O–H groups in total. The fourth-order valence-corrected chi connectivity index (χ4v) is 5.63. The SMILES string of the molecule is O=C(CC(=Cc1ccc(OCc2ccccc2)cc1)c1nc2ccccc2s1)NNC(=O)c1ccc(COc2ccccc2)cc1. The van der Waals surface area contributed by atoms with E-state index in [1.807, 2.05) is 127 Å². The van der Waals surface area contributed by atoms with Gasteiger partial charge >= 0.3 is 0 Å². The number of ether oxygens (including phenoxy) is 2. The van der Waals surface area contributed by atoms with E-state index in [0.717, 1.165) is 49.0 Å². The van der Waals surface area contributed by atoms with E-state index in [1.54, 1.807) is 12.1 Å². The molecule has 5 aromatic carbocycles. The van der Waals surface area contributed by atoms with E-state index in [1.165, 1.54) is 11.3 Å². The second-order valence-electron chi connectivity index (χ2n) is 10.5. The lowest BCUT2D eigenvalue weighted by Crippen LogP contribution is -2.41. The maximum Gasteiger partial charge on any atom is 0.269 e. The van der Waals surface area contributed by atoms with Crippen molar-refractivity contribution in [1.82, 2.24) is 15.8 Å². The van der Waals surface area contributed by atoms with Gasteiger partial charge in [0.05, 0.1) is 16.6 Å². The summed E-state index contributed by atoms with van der Waals surface area (Å²) < 4.78 is 12.7. The maximum atomic E-state index is 13.1. The number of benzene rings is 5. The fourth-order valence-electron chi connectivity index (χ4n) is 4.65. The number of amides is 2. The summed E-state index contributed by atoms with van der Waals surface area (Å²) >= 11 is 1.52. The highest BCUT2D eigenvalue weighted by Crippen LogP contribution is 2.30. The third kappa shape index (κ3) is 8.25. The zero-order valence-electron chi connectivity index (χ0n) is 24.9. The molecule has 46 heavy (non-hydrogen) atoms. The van der Waals surface area contributed by atoms with Gasteiger partial charge in [-0.05, 0) is 76.9 Å². The first-order chi connectivity index (χ1) is 22.6. The molecule has 0 aliphatic rings. The van der Waals surface area contributed by atoms with E-state index in [4.69, 9.17) is 14.5 Å². The van der Waals surface area contributed by atoms with Crippen molar-refractivity contribution in [2.45, 2.75) is 19.6 Å². The van der Waals surface area contributed by atoms with Crippen molar-refractivity contribution in [3.8, 4) is 11.5 Å². The third-order valence-electron chi connectivity index (χ3n) is 7.07. The lowest BCUT2D eigenvalue weighted by molar-refractivity contribution is -0.120. The summed E-state index contributed by atoms with van der Waals surface area (Å²) in [7, 11) is 0. The molecule has 0 saturated carbocycles. The van der Waals surface area contributed by atoms with Crippen LogP contribution in [0.3, 0.4) is 0 Å². The van der Waals surface area contributed by atoms with Crippen LogP contribution >= 0.6 is 11.3 Å². The Hall–Kier alpha value is -5.73. The van der Waals surface area contributed by atoms with Gasteiger partial charge in [-0.3, -0.25) is 20.4 Å². The first kappa shape index (κ1) is 30.3. The van der Waals surface area contributed by atoms with Crippen LogP contribution in [0.4, 0.5) is 0 Å². The summed E-state index contributed by atoms with van der Waals surface area (Å²) in [5, 5.41) is 0.736. The Kier molecular flexibility index (Phi) is 9.77. The molecule has 0 spiro atoms. The number of aromatic nitrogens is 1. The van der Waals surface area contributed by atoms with Gasteiger partial charge in [-0.25, -0.2) is 4.98 Å². The topological polar surface area (TPSA) is 89.5 Å². The standard InChI is InChI=1S/C38H31N3O4S/c42-36(40-41-37(43)30-19-15-29(16-20-30)26-44-32-11-5-2-6-12-32)24-31(38-39-34-13-7-8-14-35(34)46-38)23-27-17-21-33(22-18-27)45-25-28-9-3-1-4-10-28/h1-23H,24-26H2,(H,40,42)(H,41,43). The van der Waals surface area contributed by atoms with Crippen molar-refractivity contribution in [3.63, 3.8) is 0 Å². The van der Waals surface area contributed by atoms with Gasteiger partial charge in [0.15, 0.2) is 0 Å². The molecule has 6 aromatic rings. The van der Waals surface area contributed by atoms with Gasteiger partial charge in [-0.15, -0.1) is 11.3 Å². The molecule has 2 amide bonds. The molecule has 0 radical (unpaired) electrons. The quantitative estimate of drug-likeness (QED) is 0.143. The molecule has 7 nitrogen and oxygen atoms in total. The summed E-state index contributed by atoms with van der Waals surface area (Å²) in [6.45, 7) is 0.860. The molecule has 1 aromatic heterocycles. The lowest BCUT2D eigenvalue weighted by Gasteiger charge is -2.10. The van der Waals surface area contributed by atoms with Crippen molar-refractivity contribution in [3.05, 3.63) is 161 Å². The summed E-state index contributed by atoms with van der Waals surface area (Å²) in [6.07, 6.45) is 1.96. The number of hydrogen-bond donors (Lipinski definition) is 2. The first-order valence-electron chi connectivity index (χ1n) is 14.8. The molecule has 0 aliphatic carbocycles. The Balaban J connectivity index is 1.09. The molecule has 1 heterocycles. The number of hydrogen-bond acceptors (Lipinski definition) is 6. The van der Waals surface area contributed by atoms with Gasteiger partial charge in [-0.1, -0.05) is 84.9 Å². The lowest BCUT2D eigenvalue weighted by atomic mass is 10.1. The van der Waals surface area contributed by atoms with Gasteiger partial charge < -0.3 is 9.47 Å². The Morgan fingerprint density at radius 2 is 1.26 bits per heavy atom. The van der Waals surface area contributed by atoms with Crippen LogP contribution in [0.15, 0.2) is 133 Å². The van der Waals surface area contributed by atoms with Crippen molar-refractivity contribution in [2.75, 3.05) is 0 Å². The number of rotatable bonds is 11. The van der Waals surface area contributed by atoms with Crippen LogP contribution in [0.2, 0.25) is 0 Å². The predicted octanol–water partition coefficient (Wildman–Crippen LogP) is 7.85. The highest BCUT2D eigenvalue weighted by Gasteiger charge is 2.15. The molecule has 0 atom stereocenters. The zero-order valence-corrected chi connectivity index (χ0v) is 25.7. The number of carbonyl (C=O) groups is 2. The van der Waals surface area contributed by atoms with Crippen LogP contribution in [0.25, 0.3) is 21.9 Å². The van der Waals surface area contributed by atoms with Crippen LogP contribution in [-0.2, 0) is 18.0 Å². The number of nitrogens with one attached hydrogen (secondary N) is 2. The van der Waals surface area contributed by atoms with Gasteiger partial charge in [-0.2, -0.15) is 0 Å². The minimum Gasteiger partial charge on any atom is -0.489 e. The second kappa shape index (κ2) is 14.8. The number of thiazole rings is 1. The second-order valence-corrected chi connectivity index (χ2v) is 11.5. The zero-order chi connectivity index (χ0) is 31.6. The molecular weight excluding hydrogens is 595 g/mol. The number of para-hydroxylation sites is 2. The molecule has 6 rings (SSSR count). The van der Waals surface area contributed by atoms with Crippen molar-refractivity contribution < 1.29 is 19.1 Å². The number of hydrazine groups is 1. The predicted molar refractivity (Wildman–Crippen MR) is 182 cm³/mol. The molecular formula is C38H31N3O4S. The molecule has 228 valence electrons. The van der Waals surface area contributed by atoms with Crippen LogP contribution in [0.5, 0.6) is 11.5 Å². The summed E-state index contributed by atoms with van der Waals surface area (Å²) in [4.78, 5) is 30.7. The average Bonchev–Trinajstić information content (AvgIpc) is 3.55. The Morgan fingerprint density at radius 3 is 1.96 bits per heavy atom. The van der Waals surface area contributed by atoms with Crippen LogP contribution < -0.4 is 20.3 Å². The number of nitrogens with zero attached hydrogens (tertiary/aromatic N) is 1. The van der Waals surface area contributed by atoms with Crippen LogP contribution in [0, 0.1) is 0 Å². The average molecular weight is 626 g/mol. The molecule has 8 heteroatoms. The van der Waals surface area contributed by atoms with E-state index in [2.05, 4.69) is 10.9 Å². The first-order valence-corrected chi connectivity index (χ1v) is 15.6. The fraction of sp³-hybridized carbons (Fsp3) is 0.0789.